The molecule has 1 aromatic carbocycles. The van der Waals surface area contributed by atoms with Crippen LogP contribution in [0.2, 0.25) is 10.0 Å². The molecule has 0 atom stereocenters. The summed E-state index contributed by atoms with van der Waals surface area (Å²) in [5.41, 5.74) is 0.0362. The van der Waals surface area contributed by atoms with E-state index in [2.05, 4.69) is 5.32 Å². The lowest BCUT2D eigenvalue weighted by molar-refractivity contribution is -0.118. The fourth-order valence-electron chi connectivity index (χ4n) is 1.47. The topological polar surface area (TPSA) is 75.6 Å². The molecule has 2 rings (SSSR count). The van der Waals surface area contributed by atoms with Crippen LogP contribution in [0, 0.1) is 0 Å². The second kappa shape index (κ2) is 6.80. The highest BCUT2D eigenvalue weighted by atomic mass is 35.5. The van der Waals surface area contributed by atoms with Gasteiger partial charge >= 0.3 is 5.97 Å². The Bertz CT molecular complexity index is 687. The van der Waals surface area contributed by atoms with Crippen LogP contribution in [0.5, 0.6) is 5.75 Å². The lowest BCUT2D eigenvalue weighted by Crippen LogP contribution is -2.20. The molecule has 5 nitrogen and oxygen atoms in total. The Morgan fingerprint density at radius 1 is 1.29 bits per heavy atom. The highest BCUT2D eigenvalue weighted by Gasteiger charge is 2.14. The number of amides is 1. The highest BCUT2D eigenvalue weighted by molar-refractivity contribution is 7.14. The maximum Gasteiger partial charge on any atom is 0.338 e. The molecule has 0 aliphatic heterocycles. The van der Waals surface area contributed by atoms with E-state index in [0.717, 1.165) is 11.3 Å². The van der Waals surface area contributed by atoms with Gasteiger partial charge in [-0.1, -0.05) is 23.2 Å². The lowest BCUT2D eigenvalue weighted by Gasteiger charge is -2.08. The molecule has 110 valence electrons. The number of carboxylic acids is 1. The van der Waals surface area contributed by atoms with E-state index >= 15 is 0 Å². The second-order valence-corrected chi connectivity index (χ2v) is 5.64. The first-order valence-corrected chi connectivity index (χ1v) is 7.29. The van der Waals surface area contributed by atoms with Crippen molar-refractivity contribution < 1.29 is 19.4 Å². The molecule has 0 aliphatic carbocycles. The number of halogens is 2. The predicted molar refractivity (Wildman–Crippen MR) is 81.9 cm³/mol. The van der Waals surface area contributed by atoms with Crippen LogP contribution in [0.15, 0.2) is 29.6 Å². The SMILES string of the molecule is O=C(COc1cc(Cl)ccc1Cl)Nc1sccc1C(=O)O. The molecule has 0 fully saturated rings. The zero-order chi connectivity index (χ0) is 15.4. The summed E-state index contributed by atoms with van der Waals surface area (Å²) >= 11 is 12.8. The van der Waals surface area contributed by atoms with E-state index in [1.54, 1.807) is 17.5 Å². The number of aromatic carboxylic acids is 1. The largest absolute Gasteiger partial charge is 0.482 e. The number of hydrogen-bond acceptors (Lipinski definition) is 4. The highest BCUT2D eigenvalue weighted by Crippen LogP contribution is 2.28. The number of ether oxygens (including phenoxy) is 1. The Balaban J connectivity index is 1.98. The maximum atomic E-state index is 11.8. The lowest BCUT2D eigenvalue weighted by atomic mass is 10.3. The van der Waals surface area contributed by atoms with Crippen molar-refractivity contribution in [3.63, 3.8) is 0 Å². The molecular weight excluding hydrogens is 337 g/mol. The van der Waals surface area contributed by atoms with Gasteiger partial charge in [-0.3, -0.25) is 4.79 Å². The van der Waals surface area contributed by atoms with E-state index in [1.165, 1.54) is 12.1 Å². The number of carbonyl (C=O) groups excluding carboxylic acids is 1. The van der Waals surface area contributed by atoms with E-state index in [-0.39, 0.29) is 22.9 Å². The van der Waals surface area contributed by atoms with Crippen LogP contribution < -0.4 is 10.1 Å². The molecule has 2 aromatic rings. The van der Waals surface area contributed by atoms with E-state index in [1.807, 2.05) is 0 Å². The molecule has 0 radical (unpaired) electrons. The minimum atomic E-state index is -1.11. The molecule has 0 spiro atoms. The van der Waals surface area contributed by atoms with Crippen LogP contribution in [-0.4, -0.2) is 23.6 Å². The van der Waals surface area contributed by atoms with Gasteiger partial charge in [-0.05, 0) is 23.6 Å². The van der Waals surface area contributed by atoms with Gasteiger partial charge in [0.25, 0.3) is 5.91 Å². The van der Waals surface area contributed by atoms with Crippen LogP contribution in [0.1, 0.15) is 10.4 Å². The van der Waals surface area contributed by atoms with Gasteiger partial charge in [0.1, 0.15) is 10.8 Å². The van der Waals surface area contributed by atoms with Crippen molar-refractivity contribution in [2.24, 2.45) is 0 Å². The Hall–Kier alpha value is -1.76. The van der Waals surface area contributed by atoms with E-state index in [9.17, 15) is 9.59 Å². The molecule has 1 heterocycles. The zero-order valence-electron chi connectivity index (χ0n) is 10.4. The first-order valence-electron chi connectivity index (χ1n) is 5.66. The zero-order valence-corrected chi connectivity index (χ0v) is 12.8. The number of benzene rings is 1. The Morgan fingerprint density at radius 2 is 2.05 bits per heavy atom. The molecule has 1 amide bonds. The van der Waals surface area contributed by atoms with Crippen molar-refractivity contribution in [3.8, 4) is 5.75 Å². The van der Waals surface area contributed by atoms with Gasteiger partial charge in [-0.25, -0.2) is 4.79 Å². The number of nitrogens with one attached hydrogen (secondary N) is 1. The minimum absolute atomic E-state index is 0.0362. The summed E-state index contributed by atoms with van der Waals surface area (Å²) in [6.07, 6.45) is 0. The van der Waals surface area contributed by atoms with Gasteiger partial charge < -0.3 is 15.2 Å². The normalized spacial score (nSPS) is 10.2. The molecule has 21 heavy (non-hydrogen) atoms. The number of anilines is 1. The molecule has 1 aromatic heterocycles. The Labute approximate surface area is 134 Å². The van der Waals surface area contributed by atoms with Crippen LogP contribution in [0.3, 0.4) is 0 Å². The van der Waals surface area contributed by atoms with E-state index in [4.69, 9.17) is 33.0 Å². The summed E-state index contributed by atoms with van der Waals surface area (Å²) in [5, 5.41) is 14.0. The monoisotopic (exact) mass is 345 g/mol. The van der Waals surface area contributed by atoms with Crippen LogP contribution >= 0.6 is 34.5 Å². The van der Waals surface area contributed by atoms with E-state index in [0.29, 0.717) is 10.0 Å². The average Bonchev–Trinajstić information content (AvgIpc) is 2.88. The third kappa shape index (κ3) is 4.10. The number of carbonyl (C=O) groups is 2. The second-order valence-electron chi connectivity index (χ2n) is 3.88. The first-order chi connectivity index (χ1) is 9.97. The molecular formula is C13H9Cl2NO4S. The van der Waals surface area contributed by atoms with Gasteiger partial charge in [-0.15, -0.1) is 11.3 Å². The first kappa shape index (κ1) is 15.6. The fraction of sp³-hybridized carbons (Fsp3) is 0.0769. The summed E-state index contributed by atoms with van der Waals surface area (Å²) in [6.45, 7) is -0.309. The molecule has 0 bridgehead atoms. The van der Waals surface area contributed by atoms with Crippen molar-refractivity contribution in [2.75, 3.05) is 11.9 Å². The number of rotatable bonds is 5. The summed E-state index contributed by atoms with van der Waals surface area (Å²) in [4.78, 5) is 22.7. The standard InChI is InChI=1S/C13H9Cl2NO4S/c14-7-1-2-9(15)10(5-7)20-6-11(17)16-12-8(13(18)19)3-4-21-12/h1-5H,6H2,(H,16,17)(H,18,19). The quantitative estimate of drug-likeness (QED) is 0.864. The number of hydrogen-bond donors (Lipinski definition) is 2. The molecule has 8 heteroatoms. The van der Waals surface area contributed by atoms with Crippen molar-refractivity contribution in [1.29, 1.82) is 0 Å². The smallest absolute Gasteiger partial charge is 0.338 e. The van der Waals surface area contributed by atoms with Gasteiger partial charge in [0, 0.05) is 11.1 Å². The van der Waals surface area contributed by atoms with E-state index < -0.39 is 11.9 Å². The molecule has 2 N–H and O–H groups in total. The third-order valence-corrected chi connectivity index (χ3v) is 3.78. The average molecular weight is 346 g/mol. The third-order valence-electron chi connectivity index (χ3n) is 2.40. The number of thiophene rings is 1. The Morgan fingerprint density at radius 3 is 2.76 bits per heavy atom. The van der Waals surface area contributed by atoms with Gasteiger partial charge in [0.15, 0.2) is 6.61 Å². The summed E-state index contributed by atoms with van der Waals surface area (Å²) < 4.78 is 5.26. The maximum absolute atomic E-state index is 11.8. The van der Waals surface area contributed by atoms with Crippen LogP contribution in [0.25, 0.3) is 0 Å². The summed E-state index contributed by atoms with van der Waals surface area (Å²) in [5.74, 6) is -1.31. The Kier molecular flexibility index (Phi) is 5.06. The molecule has 0 aliphatic rings. The summed E-state index contributed by atoms with van der Waals surface area (Å²) in [6, 6.07) is 6.06. The molecule has 0 unspecified atom stereocenters. The van der Waals surface area contributed by atoms with Crippen molar-refractivity contribution >= 4 is 51.4 Å². The van der Waals surface area contributed by atoms with Gasteiger partial charge in [-0.2, -0.15) is 0 Å². The van der Waals surface area contributed by atoms with Crippen LogP contribution in [-0.2, 0) is 4.79 Å². The van der Waals surface area contributed by atoms with Crippen molar-refractivity contribution in [3.05, 3.63) is 45.3 Å². The van der Waals surface area contributed by atoms with Gasteiger partial charge in [0.05, 0.1) is 10.6 Å². The summed E-state index contributed by atoms with van der Waals surface area (Å²) in [7, 11) is 0. The van der Waals surface area contributed by atoms with Crippen molar-refractivity contribution in [1.82, 2.24) is 0 Å². The molecule has 0 saturated carbocycles. The molecule has 0 saturated heterocycles. The van der Waals surface area contributed by atoms with Gasteiger partial charge in [0.2, 0.25) is 0 Å². The van der Waals surface area contributed by atoms with Crippen LogP contribution in [0.4, 0.5) is 5.00 Å². The fourth-order valence-corrected chi connectivity index (χ4v) is 2.60. The predicted octanol–water partition coefficient (Wildman–Crippen LogP) is 3.77. The van der Waals surface area contributed by atoms with Crippen molar-refractivity contribution in [2.45, 2.75) is 0 Å². The number of carboxylic acid groups (broad SMARTS) is 1. The minimum Gasteiger partial charge on any atom is -0.482 e.